The van der Waals surface area contributed by atoms with Gasteiger partial charge in [0.15, 0.2) is 0 Å². The van der Waals surface area contributed by atoms with Crippen LogP contribution in [-0.2, 0) is 16.0 Å². The van der Waals surface area contributed by atoms with Gasteiger partial charge in [0.05, 0.1) is 29.3 Å². The first-order valence-corrected chi connectivity index (χ1v) is 10.4. The second-order valence-electron chi connectivity index (χ2n) is 7.13. The van der Waals surface area contributed by atoms with Gasteiger partial charge in [-0.15, -0.1) is 0 Å². The largest absolute Gasteiger partial charge is 0.355 e. The summed E-state index contributed by atoms with van der Waals surface area (Å²) in [6.07, 6.45) is 1.83. The zero-order valence-corrected chi connectivity index (χ0v) is 18.0. The Labute approximate surface area is 185 Å². The number of carbonyl (C=O) groups is 2. The molecule has 9 nitrogen and oxygen atoms in total. The van der Waals surface area contributed by atoms with E-state index in [0.29, 0.717) is 29.9 Å². The van der Waals surface area contributed by atoms with E-state index in [1.165, 1.54) is 17.0 Å². The molecule has 0 saturated carbocycles. The van der Waals surface area contributed by atoms with Crippen molar-refractivity contribution in [2.45, 2.75) is 20.3 Å². The van der Waals surface area contributed by atoms with E-state index in [1.54, 1.807) is 23.0 Å². The zero-order chi connectivity index (χ0) is 23.1. The van der Waals surface area contributed by atoms with E-state index >= 15 is 0 Å². The van der Waals surface area contributed by atoms with Crippen LogP contribution in [0.2, 0.25) is 0 Å². The van der Waals surface area contributed by atoms with Gasteiger partial charge in [-0.2, -0.15) is 5.10 Å². The molecule has 0 aliphatic heterocycles. The molecule has 3 rings (SSSR count). The van der Waals surface area contributed by atoms with Gasteiger partial charge in [-0.25, -0.2) is 4.68 Å². The summed E-state index contributed by atoms with van der Waals surface area (Å²) in [5.41, 5.74) is 2.70. The Balaban J connectivity index is 1.94. The number of hydrogen-bond donors (Lipinski definition) is 1. The highest BCUT2D eigenvalue weighted by atomic mass is 16.6. The number of nitrogens with one attached hydrogen (secondary N) is 1. The summed E-state index contributed by atoms with van der Waals surface area (Å²) in [4.78, 5) is 37.0. The molecule has 0 saturated heterocycles. The molecule has 2 amide bonds. The number of nitrogens with zero attached hydrogens (tertiary/aromatic N) is 4. The molecule has 0 radical (unpaired) electrons. The highest BCUT2D eigenvalue weighted by molar-refractivity contribution is 5.86. The first kappa shape index (κ1) is 22.7. The molecule has 0 spiro atoms. The Morgan fingerprint density at radius 3 is 2.38 bits per heavy atom. The number of nitro benzene ring substituents is 1. The van der Waals surface area contributed by atoms with Crippen LogP contribution in [-0.4, -0.2) is 51.1 Å². The van der Waals surface area contributed by atoms with Crippen molar-refractivity contribution in [3.63, 3.8) is 0 Å². The highest BCUT2D eigenvalue weighted by Crippen LogP contribution is 2.26. The van der Waals surface area contributed by atoms with Crippen molar-refractivity contribution in [3.05, 3.63) is 76.5 Å². The van der Waals surface area contributed by atoms with Crippen molar-refractivity contribution in [2.24, 2.45) is 0 Å². The van der Waals surface area contributed by atoms with Crippen LogP contribution in [0.15, 0.2) is 60.8 Å². The lowest BCUT2D eigenvalue weighted by Gasteiger charge is -2.20. The number of hydrogen-bond acceptors (Lipinski definition) is 5. The molecule has 2 aromatic carbocycles. The van der Waals surface area contributed by atoms with Crippen LogP contribution in [0.25, 0.3) is 16.9 Å². The Morgan fingerprint density at radius 2 is 1.78 bits per heavy atom. The standard InChI is InChI=1S/C23H25N5O4/c1-3-24-21(29)16-26(4-2)22(30)14-18-15-27(19-8-6-5-7-9-19)25-23(18)17-10-12-20(13-11-17)28(31)32/h5-13,15H,3-4,14,16H2,1-2H3,(H,24,29). The van der Waals surface area contributed by atoms with Crippen LogP contribution in [0.1, 0.15) is 19.4 Å². The summed E-state index contributed by atoms with van der Waals surface area (Å²) in [5.74, 6) is -0.409. The first-order valence-electron chi connectivity index (χ1n) is 10.4. The molecular weight excluding hydrogens is 410 g/mol. The maximum absolute atomic E-state index is 13.0. The fraction of sp³-hybridized carbons (Fsp3) is 0.261. The molecule has 1 heterocycles. The lowest BCUT2D eigenvalue weighted by molar-refractivity contribution is -0.384. The van der Waals surface area contributed by atoms with Gasteiger partial charge in [-0.1, -0.05) is 18.2 Å². The van der Waals surface area contributed by atoms with Crippen molar-refractivity contribution >= 4 is 17.5 Å². The summed E-state index contributed by atoms with van der Waals surface area (Å²) in [6, 6.07) is 15.5. The predicted octanol–water partition coefficient (Wildman–Crippen LogP) is 2.97. The number of benzene rings is 2. The SMILES string of the molecule is CCNC(=O)CN(CC)C(=O)Cc1cn(-c2ccccc2)nc1-c1ccc([N+](=O)[O-])cc1. The van der Waals surface area contributed by atoms with Crippen LogP contribution in [0.4, 0.5) is 5.69 Å². The van der Waals surface area contributed by atoms with E-state index in [4.69, 9.17) is 0 Å². The maximum Gasteiger partial charge on any atom is 0.269 e. The van der Waals surface area contributed by atoms with Gasteiger partial charge in [0.1, 0.15) is 0 Å². The summed E-state index contributed by atoms with van der Waals surface area (Å²) in [5, 5.41) is 18.3. The zero-order valence-electron chi connectivity index (χ0n) is 18.0. The molecule has 1 aromatic heterocycles. The second-order valence-corrected chi connectivity index (χ2v) is 7.13. The molecule has 1 N–H and O–H groups in total. The lowest BCUT2D eigenvalue weighted by atomic mass is 10.1. The lowest BCUT2D eigenvalue weighted by Crippen LogP contribution is -2.41. The Morgan fingerprint density at radius 1 is 1.09 bits per heavy atom. The summed E-state index contributed by atoms with van der Waals surface area (Å²) in [6.45, 7) is 4.53. The smallest absolute Gasteiger partial charge is 0.269 e. The van der Waals surface area contributed by atoms with E-state index in [-0.39, 0.29) is 30.5 Å². The fourth-order valence-corrected chi connectivity index (χ4v) is 3.31. The average molecular weight is 435 g/mol. The van der Waals surface area contributed by atoms with Crippen LogP contribution in [0.5, 0.6) is 0 Å². The third kappa shape index (κ3) is 5.37. The molecule has 0 aliphatic rings. The van der Waals surface area contributed by atoms with Gasteiger partial charge in [-0.05, 0) is 38.1 Å². The van der Waals surface area contributed by atoms with Crippen LogP contribution in [0.3, 0.4) is 0 Å². The molecule has 0 unspecified atom stereocenters. The van der Waals surface area contributed by atoms with E-state index in [0.717, 1.165) is 5.69 Å². The van der Waals surface area contributed by atoms with Crippen molar-refractivity contribution in [2.75, 3.05) is 19.6 Å². The molecule has 0 atom stereocenters. The fourth-order valence-electron chi connectivity index (χ4n) is 3.31. The van der Waals surface area contributed by atoms with E-state index in [1.807, 2.05) is 44.2 Å². The Hall–Kier alpha value is -4.01. The first-order chi connectivity index (χ1) is 15.4. The van der Waals surface area contributed by atoms with Gasteiger partial charge in [0, 0.05) is 42.5 Å². The van der Waals surface area contributed by atoms with Gasteiger partial charge >= 0.3 is 0 Å². The monoisotopic (exact) mass is 435 g/mol. The Bertz CT molecular complexity index is 1090. The summed E-state index contributed by atoms with van der Waals surface area (Å²) >= 11 is 0. The predicted molar refractivity (Wildman–Crippen MR) is 120 cm³/mol. The summed E-state index contributed by atoms with van der Waals surface area (Å²) < 4.78 is 1.68. The quantitative estimate of drug-likeness (QED) is 0.410. The number of carbonyl (C=O) groups excluding carboxylic acids is 2. The second kappa shape index (κ2) is 10.3. The van der Waals surface area contributed by atoms with E-state index in [2.05, 4.69) is 10.4 Å². The Kier molecular flexibility index (Phi) is 7.33. The van der Waals surface area contributed by atoms with Crippen molar-refractivity contribution in [1.29, 1.82) is 0 Å². The van der Waals surface area contributed by atoms with Crippen LogP contribution >= 0.6 is 0 Å². The number of nitro groups is 1. The molecule has 166 valence electrons. The molecule has 0 aliphatic carbocycles. The van der Waals surface area contributed by atoms with Crippen molar-refractivity contribution in [1.82, 2.24) is 20.0 Å². The van der Waals surface area contributed by atoms with Crippen molar-refractivity contribution < 1.29 is 14.5 Å². The van der Waals surface area contributed by atoms with Gasteiger partial charge in [0.2, 0.25) is 11.8 Å². The minimum Gasteiger partial charge on any atom is -0.355 e. The molecular formula is C23H25N5O4. The van der Waals surface area contributed by atoms with Crippen LogP contribution < -0.4 is 5.32 Å². The number of non-ortho nitro benzene ring substituents is 1. The maximum atomic E-state index is 13.0. The topological polar surface area (TPSA) is 110 Å². The van der Waals surface area contributed by atoms with Crippen LogP contribution in [0, 0.1) is 10.1 Å². The minimum absolute atomic E-state index is 0.0111. The number of amides is 2. The number of rotatable bonds is 9. The molecule has 3 aromatic rings. The van der Waals surface area contributed by atoms with Gasteiger partial charge < -0.3 is 10.2 Å². The third-order valence-corrected chi connectivity index (χ3v) is 4.95. The normalized spacial score (nSPS) is 10.6. The number of likely N-dealkylation sites (N-methyl/N-ethyl adjacent to an activating group) is 2. The van der Waals surface area contributed by atoms with Gasteiger partial charge in [-0.3, -0.25) is 19.7 Å². The minimum atomic E-state index is -0.461. The number of para-hydroxylation sites is 1. The van der Waals surface area contributed by atoms with E-state index in [9.17, 15) is 19.7 Å². The summed E-state index contributed by atoms with van der Waals surface area (Å²) in [7, 11) is 0. The molecule has 0 bridgehead atoms. The third-order valence-electron chi connectivity index (χ3n) is 4.95. The average Bonchev–Trinajstić information content (AvgIpc) is 3.22. The molecule has 9 heteroatoms. The van der Waals surface area contributed by atoms with Gasteiger partial charge in [0.25, 0.3) is 5.69 Å². The molecule has 32 heavy (non-hydrogen) atoms. The number of aromatic nitrogens is 2. The van der Waals surface area contributed by atoms with Crippen molar-refractivity contribution in [3.8, 4) is 16.9 Å². The van der Waals surface area contributed by atoms with E-state index < -0.39 is 4.92 Å². The highest BCUT2D eigenvalue weighted by Gasteiger charge is 2.21. The molecule has 0 fully saturated rings.